The first-order valence-corrected chi connectivity index (χ1v) is 7.20. The van der Waals surface area contributed by atoms with E-state index in [2.05, 4.69) is 35.1 Å². The van der Waals surface area contributed by atoms with E-state index < -0.39 is 0 Å². The van der Waals surface area contributed by atoms with Crippen LogP contribution in [0, 0.1) is 0 Å². The maximum atomic E-state index is 5.62. The summed E-state index contributed by atoms with van der Waals surface area (Å²) in [7, 11) is 0. The zero-order chi connectivity index (χ0) is 13.9. The Hall–Kier alpha value is -1.74. The van der Waals surface area contributed by atoms with Crippen molar-refractivity contribution in [1.82, 2.24) is 9.97 Å². The van der Waals surface area contributed by atoms with Gasteiger partial charge in [-0.05, 0) is 55.5 Å². The standard InChI is InChI=1S/C17H20N2O.ClH/c1-3-20-16-7-6-13-4-5-14(12(2)17(13)9-16)8-15-10-18-11-19-15;/h6-7,9-11H,3-5,8H2,1-2H3,(H,18,19);1H. The van der Waals surface area contributed by atoms with Gasteiger partial charge in [-0.3, -0.25) is 0 Å². The second kappa shape index (κ2) is 6.81. The number of aryl methyl sites for hydroxylation is 1. The molecule has 0 saturated heterocycles. The first-order valence-electron chi connectivity index (χ1n) is 7.20. The van der Waals surface area contributed by atoms with Crippen molar-refractivity contribution in [2.75, 3.05) is 6.61 Å². The number of fused-ring (bicyclic) bond motifs is 1. The summed E-state index contributed by atoms with van der Waals surface area (Å²) in [6, 6.07) is 6.46. The van der Waals surface area contributed by atoms with Crippen molar-refractivity contribution in [2.45, 2.75) is 33.1 Å². The van der Waals surface area contributed by atoms with Crippen LogP contribution < -0.4 is 4.74 Å². The molecule has 1 aliphatic carbocycles. The third-order valence-electron chi connectivity index (χ3n) is 3.97. The number of ether oxygens (including phenoxy) is 1. The molecule has 0 saturated carbocycles. The average Bonchev–Trinajstić information content (AvgIpc) is 2.96. The maximum absolute atomic E-state index is 5.62. The number of nitrogens with one attached hydrogen (secondary N) is 1. The molecule has 2 aromatic rings. The van der Waals surface area contributed by atoms with Crippen molar-refractivity contribution in [3.05, 3.63) is 53.1 Å². The van der Waals surface area contributed by atoms with E-state index in [1.165, 1.54) is 22.3 Å². The second-order valence-corrected chi connectivity index (χ2v) is 5.22. The number of allylic oxidation sites excluding steroid dienone is 2. The van der Waals surface area contributed by atoms with Crippen molar-refractivity contribution < 1.29 is 4.74 Å². The number of hydrogen-bond donors (Lipinski definition) is 1. The summed E-state index contributed by atoms with van der Waals surface area (Å²) in [5, 5.41) is 0. The summed E-state index contributed by atoms with van der Waals surface area (Å²) in [6.07, 6.45) is 6.90. The van der Waals surface area contributed by atoms with E-state index in [0.717, 1.165) is 30.7 Å². The van der Waals surface area contributed by atoms with Crippen LogP contribution in [0.4, 0.5) is 0 Å². The number of halogens is 1. The maximum Gasteiger partial charge on any atom is 0.119 e. The molecule has 3 nitrogen and oxygen atoms in total. The molecule has 1 aromatic carbocycles. The zero-order valence-electron chi connectivity index (χ0n) is 12.5. The predicted molar refractivity (Wildman–Crippen MR) is 88.1 cm³/mol. The van der Waals surface area contributed by atoms with Crippen LogP contribution in [0.15, 0.2) is 36.3 Å². The fourth-order valence-corrected chi connectivity index (χ4v) is 2.87. The van der Waals surface area contributed by atoms with Crippen LogP contribution in [0.2, 0.25) is 0 Å². The summed E-state index contributed by atoms with van der Waals surface area (Å²) >= 11 is 0. The van der Waals surface area contributed by atoms with Gasteiger partial charge in [0.15, 0.2) is 0 Å². The topological polar surface area (TPSA) is 37.9 Å². The Morgan fingerprint density at radius 3 is 2.86 bits per heavy atom. The highest BCUT2D eigenvalue weighted by molar-refractivity contribution is 5.85. The van der Waals surface area contributed by atoms with Crippen LogP contribution in [-0.4, -0.2) is 16.6 Å². The summed E-state index contributed by atoms with van der Waals surface area (Å²) in [5.74, 6) is 0.964. The van der Waals surface area contributed by atoms with Crippen LogP contribution >= 0.6 is 12.4 Å². The van der Waals surface area contributed by atoms with Crippen molar-refractivity contribution in [3.8, 4) is 5.75 Å². The highest BCUT2D eigenvalue weighted by atomic mass is 35.5. The largest absolute Gasteiger partial charge is 0.494 e. The molecule has 0 unspecified atom stereocenters. The first kappa shape index (κ1) is 15.6. The van der Waals surface area contributed by atoms with Crippen LogP contribution in [0.3, 0.4) is 0 Å². The van der Waals surface area contributed by atoms with Crippen molar-refractivity contribution in [2.24, 2.45) is 0 Å². The molecule has 3 rings (SSSR count). The summed E-state index contributed by atoms with van der Waals surface area (Å²) in [5.41, 5.74) is 6.75. The van der Waals surface area contributed by atoms with Gasteiger partial charge in [0.25, 0.3) is 0 Å². The Morgan fingerprint density at radius 1 is 1.29 bits per heavy atom. The summed E-state index contributed by atoms with van der Waals surface area (Å²) in [6.45, 7) is 4.95. The quantitative estimate of drug-likeness (QED) is 0.919. The number of aromatic nitrogens is 2. The molecule has 1 heterocycles. The Balaban J connectivity index is 0.00000161. The monoisotopic (exact) mass is 304 g/mol. The van der Waals surface area contributed by atoms with Crippen LogP contribution in [0.25, 0.3) is 5.57 Å². The van der Waals surface area contributed by atoms with Crippen LogP contribution in [-0.2, 0) is 12.8 Å². The van der Waals surface area contributed by atoms with Gasteiger partial charge in [0.2, 0.25) is 0 Å². The second-order valence-electron chi connectivity index (χ2n) is 5.22. The lowest BCUT2D eigenvalue weighted by Crippen LogP contribution is -2.06. The third kappa shape index (κ3) is 3.30. The number of imidazole rings is 1. The molecular weight excluding hydrogens is 284 g/mol. The van der Waals surface area contributed by atoms with Crippen molar-refractivity contribution in [1.29, 1.82) is 0 Å². The number of nitrogens with zero attached hydrogens (tertiary/aromatic N) is 1. The van der Waals surface area contributed by atoms with Gasteiger partial charge in [-0.1, -0.05) is 11.6 Å². The van der Waals surface area contributed by atoms with Gasteiger partial charge in [-0.15, -0.1) is 12.4 Å². The van der Waals surface area contributed by atoms with Gasteiger partial charge in [-0.2, -0.15) is 0 Å². The first-order chi connectivity index (χ1) is 9.78. The molecule has 0 atom stereocenters. The SMILES string of the molecule is CCOc1ccc2c(c1)C(C)=C(Cc1c[nH]cn1)CC2.Cl. The molecule has 0 aliphatic heterocycles. The fourth-order valence-electron chi connectivity index (χ4n) is 2.87. The van der Waals surface area contributed by atoms with Crippen molar-refractivity contribution >= 4 is 18.0 Å². The Kier molecular flexibility index (Phi) is 5.07. The molecular formula is C17H21ClN2O. The highest BCUT2D eigenvalue weighted by Gasteiger charge is 2.17. The van der Waals surface area contributed by atoms with E-state index in [9.17, 15) is 0 Å². The van der Waals surface area contributed by atoms with Gasteiger partial charge in [-0.25, -0.2) is 4.98 Å². The fraction of sp³-hybridized carbons (Fsp3) is 0.353. The Morgan fingerprint density at radius 2 is 2.14 bits per heavy atom. The normalized spacial score (nSPS) is 13.6. The molecule has 0 bridgehead atoms. The average molecular weight is 305 g/mol. The van der Waals surface area contributed by atoms with E-state index >= 15 is 0 Å². The molecule has 112 valence electrons. The van der Waals surface area contributed by atoms with Gasteiger partial charge in [0, 0.05) is 12.6 Å². The minimum atomic E-state index is 0. The van der Waals surface area contributed by atoms with E-state index in [1.807, 2.05) is 13.1 Å². The molecule has 0 amide bonds. The number of benzene rings is 1. The van der Waals surface area contributed by atoms with Crippen LogP contribution in [0.1, 0.15) is 37.1 Å². The van der Waals surface area contributed by atoms with Crippen molar-refractivity contribution in [3.63, 3.8) is 0 Å². The molecule has 1 aliphatic rings. The lowest BCUT2D eigenvalue weighted by molar-refractivity contribution is 0.340. The molecule has 0 radical (unpaired) electrons. The lowest BCUT2D eigenvalue weighted by atomic mass is 9.84. The number of hydrogen-bond acceptors (Lipinski definition) is 2. The van der Waals surface area contributed by atoms with Gasteiger partial charge in [0.1, 0.15) is 5.75 Å². The minimum Gasteiger partial charge on any atom is -0.494 e. The highest BCUT2D eigenvalue weighted by Crippen LogP contribution is 2.34. The Labute approximate surface area is 131 Å². The molecule has 1 aromatic heterocycles. The number of H-pyrrole nitrogens is 1. The number of aromatic amines is 1. The minimum absolute atomic E-state index is 0. The molecule has 1 N–H and O–H groups in total. The van der Waals surface area contributed by atoms with E-state index in [-0.39, 0.29) is 12.4 Å². The smallest absolute Gasteiger partial charge is 0.119 e. The lowest BCUT2D eigenvalue weighted by Gasteiger charge is -2.22. The summed E-state index contributed by atoms with van der Waals surface area (Å²) in [4.78, 5) is 7.36. The van der Waals surface area contributed by atoms with Crippen LogP contribution in [0.5, 0.6) is 5.75 Å². The Bertz CT molecular complexity index is 632. The van der Waals surface area contributed by atoms with Gasteiger partial charge >= 0.3 is 0 Å². The van der Waals surface area contributed by atoms with E-state index in [0.29, 0.717) is 6.61 Å². The predicted octanol–water partition coefficient (Wildman–Crippen LogP) is 4.19. The molecule has 4 heteroatoms. The zero-order valence-corrected chi connectivity index (χ0v) is 13.3. The number of rotatable bonds is 4. The van der Waals surface area contributed by atoms with Gasteiger partial charge in [0.05, 0.1) is 18.6 Å². The molecule has 0 fully saturated rings. The molecule has 0 spiro atoms. The summed E-state index contributed by atoms with van der Waals surface area (Å²) < 4.78 is 5.62. The third-order valence-corrected chi connectivity index (χ3v) is 3.97. The molecule has 21 heavy (non-hydrogen) atoms. The van der Waals surface area contributed by atoms with E-state index in [1.54, 1.807) is 6.33 Å². The van der Waals surface area contributed by atoms with E-state index in [4.69, 9.17) is 4.74 Å². The van der Waals surface area contributed by atoms with Gasteiger partial charge < -0.3 is 9.72 Å².